The predicted molar refractivity (Wildman–Crippen MR) is 68.9 cm³/mol. The van der Waals surface area contributed by atoms with Crippen molar-refractivity contribution in [1.29, 1.82) is 0 Å². The van der Waals surface area contributed by atoms with Crippen molar-refractivity contribution >= 4 is 17.1 Å². The van der Waals surface area contributed by atoms with Crippen LogP contribution in [0.15, 0.2) is 4.79 Å². The minimum absolute atomic E-state index is 0.0131. The average molecular weight is 281 g/mol. The number of nitrogens with two attached hydrogens (primary N) is 1. The highest BCUT2D eigenvalue weighted by molar-refractivity contribution is 5.71. The molecule has 1 fully saturated rings. The number of nitrogens with zero attached hydrogens (tertiary/aromatic N) is 3. The Morgan fingerprint density at radius 1 is 1.55 bits per heavy atom. The number of ether oxygens (including phenoxy) is 1. The first-order chi connectivity index (χ1) is 9.51. The molecule has 108 valence electrons. The van der Waals surface area contributed by atoms with Gasteiger partial charge >= 0.3 is 0 Å². The molecule has 9 nitrogen and oxygen atoms in total. The van der Waals surface area contributed by atoms with Gasteiger partial charge in [-0.25, -0.2) is 4.98 Å². The van der Waals surface area contributed by atoms with Gasteiger partial charge in [0.2, 0.25) is 5.95 Å². The first-order valence-corrected chi connectivity index (χ1v) is 6.20. The van der Waals surface area contributed by atoms with Crippen LogP contribution in [-0.4, -0.2) is 48.5 Å². The Morgan fingerprint density at radius 3 is 2.95 bits per heavy atom. The number of imidazole rings is 1. The van der Waals surface area contributed by atoms with E-state index < -0.39 is 24.0 Å². The molecule has 0 unspecified atom stereocenters. The summed E-state index contributed by atoms with van der Waals surface area (Å²) in [7, 11) is 0. The maximum Gasteiger partial charge on any atom is 0.280 e. The van der Waals surface area contributed by atoms with Crippen molar-refractivity contribution in [2.45, 2.75) is 31.8 Å². The standard InChI is InChI=1S/C11H15N5O4/c1-4-13-8-9(14-11(12)15-10(8)19)16(4)7-2-5(18)6(3-17)20-7/h5-7,17-18H,2-3H2,1H3,(H3,12,14,15,19)/t5-,6-,7-/m1/s1. The molecule has 0 saturated carbocycles. The van der Waals surface area contributed by atoms with E-state index in [4.69, 9.17) is 15.6 Å². The van der Waals surface area contributed by atoms with Gasteiger partial charge in [0.25, 0.3) is 5.56 Å². The van der Waals surface area contributed by atoms with Crippen molar-refractivity contribution in [2.24, 2.45) is 0 Å². The van der Waals surface area contributed by atoms with Crippen molar-refractivity contribution in [3.05, 3.63) is 16.2 Å². The second kappa shape index (κ2) is 4.54. The molecule has 3 rings (SSSR count). The highest BCUT2D eigenvalue weighted by atomic mass is 16.5. The van der Waals surface area contributed by atoms with Gasteiger partial charge in [0, 0.05) is 6.42 Å². The normalized spacial score (nSPS) is 26.4. The number of nitrogens with one attached hydrogen (secondary N) is 1. The molecule has 0 aromatic carbocycles. The second-order valence-electron chi connectivity index (χ2n) is 4.77. The SMILES string of the molecule is Cc1nc2c(=O)[nH]c(N)nc2n1[C@H]1C[C@@H](O)[C@@H](CO)O1. The molecule has 1 aliphatic heterocycles. The molecular weight excluding hydrogens is 266 g/mol. The molecular formula is C11H15N5O4. The number of hydrogen-bond acceptors (Lipinski definition) is 7. The van der Waals surface area contributed by atoms with Crippen molar-refractivity contribution in [3.8, 4) is 0 Å². The molecule has 0 spiro atoms. The van der Waals surface area contributed by atoms with Gasteiger partial charge in [-0.05, 0) is 6.92 Å². The second-order valence-corrected chi connectivity index (χ2v) is 4.77. The maximum atomic E-state index is 11.8. The summed E-state index contributed by atoms with van der Waals surface area (Å²) in [5, 5.41) is 18.9. The smallest absolute Gasteiger partial charge is 0.280 e. The van der Waals surface area contributed by atoms with E-state index in [2.05, 4.69) is 15.0 Å². The van der Waals surface area contributed by atoms with Crippen LogP contribution in [0.25, 0.3) is 11.2 Å². The first kappa shape index (κ1) is 13.0. The van der Waals surface area contributed by atoms with Gasteiger partial charge in [-0.2, -0.15) is 4.98 Å². The zero-order chi connectivity index (χ0) is 14.4. The summed E-state index contributed by atoms with van der Waals surface area (Å²) >= 11 is 0. The molecule has 1 saturated heterocycles. The molecule has 9 heteroatoms. The van der Waals surface area contributed by atoms with Crippen LogP contribution in [0.2, 0.25) is 0 Å². The Bertz CT molecular complexity index is 709. The van der Waals surface area contributed by atoms with E-state index >= 15 is 0 Å². The van der Waals surface area contributed by atoms with E-state index in [0.717, 1.165) is 0 Å². The van der Waals surface area contributed by atoms with Crippen LogP contribution in [0.4, 0.5) is 5.95 Å². The van der Waals surface area contributed by atoms with Crippen LogP contribution in [0.5, 0.6) is 0 Å². The summed E-state index contributed by atoms with van der Waals surface area (Å²) in [6.45, 7) is 1.43. The number of aryl methyl sites for hydroxylation is 1. The van der Waals surface area contributed by atoms with Crippen LogP contribution in [0, 0.1) is 6.92 Å². The Balaban J connectivity index is 2.13. The van der Waals surface area contributed by atoms with Crippen molar-refractivity contribution in [3.63, 3.8) is 0 Å². The molecule has 2 aromatic heterocycles. The molecule has 20 heavy (non-hydrogen) atoms. The predicted octanol–water partition coefficient (Wildman–Crippen LogP) is -1.35. The average Bonchev–Trinajstić information content (AvgIpc) is 2.89. The number of aromatic nitrogens is 4. The van der Waals surface area contributed by atoms with E-state index in [9.17, 15) is 9.90 Å². The lowest BCUT2D eigenvalue weighted by Gasteiger charge is -2.15. The topological polar surface area (TPSA) is 139 Å². The maximum absolute atomic E-state index is 11.8. The van der Waals surface area contributed by atoms with Crippen LogP contribution in [-0.2, 0) is 4.74 Å². The highest BCUT2D eigenvalue weighted by Crippen LogP contribution is 2.31. The Labute approximate surface area is 113 Å². The number of aliphatic hydroxyl groups is 2. The summed E-state index contributed by atoms with van der Waals surface area (Å²) in [5.41, 5.74) is 5.59. The molecule has 0 radical (unpaired) electrons. The van der Waals surface area contributed by atoms with Gasteiger partial charge in [-0.1, -0.05) is 0 Å². The zero-order valence-electron chi connectivity index (χ0n) is 10.8. The van der Waals surface area contributed by atoms with E-state index in [1.807, 2.05) is 0 Å². The molecule has 0 bridgehead atoms. The Morgan fingerprint density at radius 2 is 2.30 bits per heavy atom. The molecule has 1 aliphatic rings. The quantitative estimate of drug-likeness (QED) is 0.533. The lowest BCUT2D eigenvalue weighted by Crippen LogP contribution is -2.24. The number of nitrogen functional groups attached to an aromatic ring is 1. The van der Waals surface area contributed by atoms with Gasteiger partial charge < -0.3 is 20.7 Å². The Hall–Kier alpha value is -1.97. The lowest BCUT2D eigenvalue weighted by molar-refractivity contribution is -0.0437. The van der Waals surface area contributed by atoms with Gasteiger partial charge in [-0.3, -0.25) is 14.3 Å². The largest absolute Gasteiger partial charge is 0.394 e. The van der Waals surface area contributed by atoms with E-state index in [0.29, 0.717) is 11.5 Å². The van der Waals surface area contributed by atoms with Crippen molar-refractivity contribution in [1.82, 2.24) is 19.5 Å². The summed E-state index contributed by atoms with van der Waals surface area (Å²) in [6, 6.07) is 0. The van der Waals surface area contributed by atoms with E-state index in [1.165, 1.54) is 0 Å². The number of aromatic amines is 1. The molecule has 2 aromatic rings. The van der Waals surface area contributed by atoms with E-state index in [1.54, 1.807) is 11.5 Å². The highest BCUT2D eigenvalue weighted by Gasteiger charge is 2.36. The number of rotatable bonds is 2. The fourth-order valence-electron chi connectivity index (χ4n) is 2.49. The monoisotopic (exact) mass is 281 g/mol. The summed E-state index contributed by atoms with van der Waals surface area (Å²) in [6.07, 6.45) is -1.69. The van der Waals surface area contributed by atoms with Crippen LogP contribution < -0.4 is 11.3 Å². The fourth-order valence-corrected chi connectivity index (χ4v) is 2.49. The van der Waals surface area contributed by atoms with Crippen LogP contribution in [0.3, 0.4) is 0 Å². The summed E-state index contributed by atoms with van der Waals surface area (Å²) < 4.78 is 7.18. The summed E-state index contributed by atoms with van der Waals surface area (Å²) in [4.78, 5) is 22.4. The van der Waals surface area contributed by atoms with Gasteiger partial charge in [-0.15, -0.1) is 0 Å². The Kier molecular flexibility index (Phi) is 2.96. The third-order valence-electron chi connectivity index (χ3n) is 3.42. The fraction of sp³-hybridized carbons (Fsp3) is 0.545. The molecule has 3 atom stereocenters. The van der Waals surface area contributed by atoms with Crippen LogP contribution >= 0.6 is 0 Å². The molecule has 5 N–H and O–H groups in total. The third kappa shape index (κ3) is 1.87. The lowest BCUT2D eigenvalue weighted by atomic mass is 10.2. The number of anilines is 1. The van der Waals surface area contributed by atoms with E-state index in [-0.39, 0.29) is 24.5 Å². The molecule has 0 aliphatic carbocycles. The third-order valence-corrected chi connectivity index (χ3v) is 3.42. The minimum atomic E-state index is -0.777. The number of aliphatic hydroxyl groups excluding tert-OH is 2. The first-order valence-electron chi connectivity index (χ1n) is 6.20. The van der Waals surface area contributed by atoms with Gasteiger partial charge in [0.1, 0.15) is 18.2 Å². The van der Waals surface area contributed by atoms with Gasteiger partial charge in [0.05, 0.1) is 12.7 Å². The molecule has 0 amide bonds. The van der Waals surface area contributed by atoms with Crippen molar-refractivity contribution in [2.75, 3.05) is 12.3 Å². The summed E-state index contributed by atoms with van der Waals surface area (Å²) in [5.74, 6) is 0.514. The number of hydrogen-bond donors (Lipinski definition) is 4. The number of H-pyrrole nitrogens is 1. The van der Waals surface area contributed by atoms with Crippen LogP contribution in [0.1, 0.15) is 18.5 Å². The number of fused-ring (bicyclic) bond motifs is 1. The minimum Gasteiger partial charge on any atom is -0.394 e. The zero-order valence-corrected chi connectivity index (χ0v) is 10.8. The molecule has 3 heterocycles. The van der Waals surface area contributed by atoms with Gasteiger partial charge in [0.15, 0.2) is 11.2 Å². The van der Waals surface area contributed by atoms with Crippen molar-refractivity contribution < 1.29 is 14.9 Å².